The second-order valence-electron chi connectivity index (χ2n) is 5.86. The summed E-state index contributed by atoms with van der Waals surface area (Å²) in [6.07, 6.45) is 2.45. The fourth-order valence-corrected chi connectivity index (χ4v) is 2.94. The molecule has 0 aliphatic carbocycles. The van der Waals surface area contributed by atoms with Crippen molar-refractivity contribution in [2.75, 3.05) is 6.54 Å². The number of hydrogen-bond acceptors (Lipinski definition) is 1. The fourth-order valence-electron chi connectivity index (χ4n) is 2.94. The van der Waals surface area contributed by atoms with Crippen LogP contribution in [-0.4, -0.2) is 21.9 Å². The van der Waals surface area contributed by atoms with Gasteiger partial charge in [-0.25, -0.2) is 4.39 Å². The van der Waals surface area contributed by atoms with E-state index in [0.717, 1.165) is 11.1 Å². The van der Waals surface area contributed by atoms with Crippen molar-refractivity contribution in [3.05, 3.63) is 72.2 Å². The van der Waals surface area contributed by atoms with Gasteiger partial charge in [0.1, 0.15) is 5.82 Å². The molecule has 24 heavy (non-hydrogen) atoms. The normalized spacial score (nSPS) is 10.9. The Bertz CT molecular complexity index is 840. The predicted molar refractivity (Wildman–Crippen MR) is 94.0 cm³/mol. The summed E-state index contributed by atoms with van der Waals surface area (Å²) >= 11 is 0. The molecule has 0 unspecified atom stereocenters. The maximum atomic E-state index is 13.3. The Morgan fingerprint density at radius 1 is 1.12 bits per heavy atom. The van der Waals surface area contributed by atoms with Crippen LogP contribution in [0.5, 0.6) is 0 Å². The smallest absolute Gasteiger partial charge is 0.224 e. The van der Waals surface area contributed by atoms with Crippen LogP contribution >= 0.6 is 0 Å². The first-order chi connectivity index (χ1) is 11.7. The van der Waals surface area contributed by atoms with Crippen LogP contribution in [-0.2, 0) is 17.9 Å². The third-order valence-corrected chi connectivity index (χ3v) is 4.24. The molecule has 1 amide bonds. The van der Waals surface area contributed by atoms with Gasteiger partial charge in [-0.3, -0.25) is 4.79 Å². The molecule has 0 bridgehead atoms. The number of benzene rings is 2. The number of amides is 1. The maximum absolute atomic E-state index is 13.3. The largest absolute Gasteiger partial charge is 0.347 e. The van der Waals surface area contributed by atoms with Gasteiger partial charge in [-0.1, -0.05) is 30.3 Å². The van der Waals surface area contributed by atoms with Crippen LogP contribution in [0.1, 0.15) is 18.9 Å². The van der Waals surface area contributed by atoms with Crippen LogP contribution in [0, 0.1) is 5.82 Å². The lowest BCUT2D eigenvalue weighted by atomic mass is 10.2. The second kappa shape index (κ2) is 7.30. The molecule has 4 heteroatoms. The molecule has 0 aliphatic heterocycles. The van der Waals surface area contributed by atoms with E-state index in [4.69, 9.17) is 0 Å². The zero-order valence-electron chi connectivity index (χ0n) is 13.8. The van der Waals surface area contributed by atoms with Crippen molar-refractivity contribution in [2.24, 2.45) is 0 Å². The van der Waals surface area contributed by atoms with Gasteiger partial charge in [0.05, 0.1) is 0 Å². The Balaban J connectivity index is 1.64. The molecule has 3 nitrogen and oxygen atoms in total. The Labute approximate surface area is 141 Å². The number of aromatic nitrogens is 1. The third-order valence-electron chi connectivity index (χ3n) is 4.24. The van der Waals surface area contributed by atoms with Crippen molar-refractivity contribution in [3.63, 3.8) is 0 Å². The van der Waals surface area contributed by atoms with E-state index in [1.807, 2.05) is 31.3 Å². The molecule has 1 aromatic heterocycles. The minimum Gasteiger partial charge on any atom is -0.347 e. The molecule has 2 aromatic carbocycles. The Hall–Kier alpha value is -2.62. The Morgan fingerprint density at radius 2 is 1.96 bits per heavy atom. The van der Waals surface area contributed by atoms with Crippen molar-refractivity contribution < 1.29 is 9.18 Å². The van der Waals surface area contributed by atoms with Crippen molar-refractivity contribution in [1.29, 1.82) is 0 Å². The molecule has 0 saturated carbocycles. The van der Waals surface area contributed by atoms with E-state index >= 15 is 0 Å². The third kappa shape index (κ3) is 3.65. The summed E-state index contributed by atoms with van der Waals surface area (Å²) in [5, 5.41) is 1.18. The number of nitrogens with zero attached hydrogens (tertiary/aromatic N) is 2. The highest BCUT2D eigenvalue weighted by molar-refractivity contribution is 5.80. The molecule has 0 spiro atoms. The summed E-state index contributed by atoms with van der Waals surface area (Å²) in [7, 11) is 0. The van der Waals surface area contributed by atoms with Gasteiger partial charge in [0.15, 0.2) is 0 Å². The van der Waals surface area contributed by atoms with Crippen LogP contribution in [0.25, 0.3) is 10.9 Å². The average molecular weight is 324 g/mol. The average Bonchev–Trinajstić information content (AvgIpc) is 3.01. The van der Waals surface area contributed by atoms with Crippen LogP contribution in [0.4, 0.5) is 4.39 Å². The molecule has 0 saturated heterocycles. The molecule has 0 aliphatic rings. The number of halogens is 1. The van der Waals surface area contributed by atoms with Crippen molar-refractivity contribution >= 4 is 16.8 Å². The number of rotatable bonds is 6. The van der Waals surface area contributed by atoms with Crippen molar-refractivity contribution in [3.8, 4) is 0 Å². The minimum atomic E-state index is -0.269. The van der Waals surface area contributed by atoms with Crippen molar-refractivity contribution in [1.82, 2.24) is 9.47 Å². The van der Waals surface area contributed by atoms with Gasteiger partial charge in [0.25, 0.3) is 0 Å². The second-order valence-corrected chi connectivity index (χ2v) is 5.86. The quantitative estimate of drug-likeness (QED) is 0.666. The predicted octanol–water partition coefficient (Wildman–Crippen LogP) is 4.22. The zero-order chi connectivity index (χ0) is 16.9. The standard InChI is InChI=1S/C20H21FN2O/c1-2-22(15-16-6-5-8-18(21)14-16)20(24)11-13-23-12-10-17-7-3-4-9-19(17)23/h3-10,12,14H,2,11,13,15H2,1H3. The summed E-state index contributed by atoms with van der Waals surface area (Å²) in [5.74, 6) is -0.186. The SMILES string of the molecule is CCN(Cc1cccc(F)c1)C(=O)CCn1ccc2ccccc21. The first-order valence-corrected chi connectivity index (χ1v) is 8.23. The molecule has 124 valence electrons. The first-order valence-electron chi connectivity index (χ1n) is 8.23. The highest BCUT2D eigenvalue weighted by Crippen LogP contribution is 2.16. The molecule has 1 heterocycles. The minimum absolute atomic E-state index is 0.0829. The van der Waals surface area contributed by atoms with E-state index in [2.05, 4.69) is 22.8 Å². The van der Waals surface area contributed by atoms with Gasteiger partial charge in [-0.15, -0.1) is 0 Å². The van der Waals surface area contributed by atoms with Crippen LogP contribution < -0.4 is 0 Å². The van der Waals surface area contributed by atoms with E-state index < -0.39 is 0 Å². The number of carbonyl (C=O) groups excluding carboxylic acids is 1. The summed E-state index contributed by atoms with van der Waals surface area (Å²) in [5.41, 5.74) is 1.95. The molecule has 3 rings (SSSR count). The summed E-state index contributed by atoms with van der Waals surface area (Å²) < 4.78 is 15.4. The van der Waals surface area contributed by atoms with E-state index in [1.165, 1.54) is 17.5 Å². The number of fused-ring (bicyclic) bond motifs is 1. The monoisotopic (exact) mass is 324 g/mol. The first kappa shape index (κ1) is 16.2. The number of hydrogen-bond donors (Lipinski definition) is 0. The van der Waals surface area contributed by atoms with Gasteiger partial charge >= 0.3 is 0 Å². The number of para-hydroxylation sites is 1. The molecule has 0 atom stereocenters. The van der Waals surface area contributed by atoms with Crippen LogP contribution in [0.15, 0.2) is 60.8 Å². The zero-order valence-corrected chi connectivity index (χ0v) is 13.8. The molecular formula is C20H21FN2O. The van der Waals surface area contributed by atoms with Gasteiger partial charge in [0, 0.05) is 37.8 Å². The highest BCUT2D eigenvalue weighted by Gasteiger charge is 2.13. The molecule has 0 fully saturated rings. The van der Waals surface area contributed by atoms with E-state index in [0.29, 0.717) is 26.1 Å². The maximum Gasteiger partial charge on any atom is 0.224 e. The lowest BCUT2D eigenvalue weighted by Gasteiger charge is -2.21. The molecular weight excluding hydrogens is 303 g/mol. The van der Waals surface area contributed by atoms with Crippen LogP contribution in [0.3, 0.4) is 0 Å². The van der Waals surface area contributed by atoms with E-state index in [1.54, 1.807) is 11.0 Å². The Morgan fingerprint density at radius 3 is 2.75 bits per heavy atom. The highest BCUT2D eigenvalue weighted by atomic mass is 19.1. The lowest BCUT2D eigenvalue weighted by Crippen LogP contribution is -2.30. The fraction of sp³-hybridized carbons (Fsp3) is 0.250. The number of carbonyl (C=O) groups is 1. The van der Waals surface area contributed by atoms with Gasteiger partial charge in [-0.2, -0.15) is 0 Å². The van der Waals surface area contributed by atoms with Gasteiger partial charge < -0.3 is 9.47 Å². The van der Waals surface area contributed by atoms with E-state index in [-0.39, 0.29) is 11.7 Å². The van der Waals surface area contributed by atoms with Gasteiger partial charge in [0.2, 0.25) is 5.91 Å². The molecule has 0 N–H and O–H groups in total. The van der Waals surface area contributed by atoms with E-state index in [9.17, 15) is 9.18 Å². The lowest BCUT2D eigenvalue weighted by molar-refractivity contribution is -0.131. The summed E-state index contributed by atoms with van der Waals surface area (Å²) in [4.78, 5) is 14.3. The summed E-state index contributed by atoms with van der Waals surface area (Å²) in [6, 6.07) is 16.6. The number of aryl methyl sites for hydroxylation is 1. The summed E-state index contributed by atoms with van der Waals surface area (Å²) in [6.45, 7) is 3.65. The topological polar surface area (TPSA) is 25.2 Å². The van der Waals surface area contributed by atoms with Gasteiger partial charge in [-0.05, 0) is 42.1 Å². The molecule has 3 aromatic rings. The van der Waals surface area contributed by atoms with Crippen molar-refractivity contribution in [2.45, 2.75) is 26.4 Å². The van der Waals surface area contributed by atoms with Crippen LogP contribution in [0.2, 0.25) is 0 Å². The molecule has 0 radical (unpaired) electrons. The Kier molecular flexibility index (Phi) is 4.94.